The second-order valence-electron chi connectivity index (χ2n) is 10.2. The van der Waals surface area contributed by atoms with Crippen molar-refractivity contribution >= 4 is 16.7 Å². The lowest BCUT2D eigenvalue weighted by Crippen LogP contribution is -2.58. The van der Waals surface area contributed by atoms with Gasteiger partial charge >= 0.3 is 0 Å². The van der Waals surface area contributed by atoms with Crippen molar-refractivity contribution in [3.63, 3.8) is 0 Å². The average molecular weight is 492 g/mol. The highest BCUT2D eigenvalue weighted by atomic mass is 19.1. The maximum atomic E-state index is 14.8. The predicted octanol–water partition coefficient (Wildman–Crippen LogP) is 4.11. The molecule has 0 amide bonds. The van der Waals surface area contributed by atoms with Crippen molar-refractivity contribution in [2.45, 2.75) is 77.0 Å². The van der Waals surface area contributed by atoms with Crippen LogP contribution in [0.15, 0.2) is 29.3 Å². The number of anilines is 1. The van der Waals surface area contributed by atoms with E-state index in [1.54, 1.807) is 34.6 Å². The molecule has 4 heterocycles. The molecule has 0 aromatic carbocycles. The molecule has 0 spiro atoms. The van der Waals surface area contributed by atoms with E-state index in [1.807, 2.05) is 6.20 Å². The number of aromatic nitrogens is 4. The summed E-state index contributed by atoms with van der Waals surface area (Å²) in [6, 6.07) is 5.89. The highest BCUT2D eigenvalue weighted by Gasteiger charge is 2.37. The molecule has 0 bridgehead atoms. The number of nitrogens with zero attached hydrogens (tertiary/aromatic N) is 7. The number of fused-ring (bicyclic) bond motifs is 1. The van der Waals surface area contributed by atoms with Crippen LogP contribution in [0.5, 0.6) is 0 Å². The van der Waals surface area contributed by atoms with Crippen molar-refractivity contribution < 1.29 is 4.39 Å². The van der Waals surface area contributed by atoms with Gasteiger partial charge in [-0.3, -0.25) is 19.4 Å². The van der Waals surface area contributed by atoms with E-state index in [0.717, 1.165) is 61.1 Å². The molecule has 1 aliphatic carbocycles. The Bertz CT molecular complexity index is 1370. The van der Waals surface area contributed by atoms with E-state index >= 15 is 0 Å². The summed E-state index contributed by atoms with van der Waals surface area (Å²) in [4.78, 5) is 22.1. The van der Waals surface area contributed by atoms with Crippen LogP contribution in [0.3, 0.4) is 0 Å². The summed E-state index contributed by atoms with van der Waals surface area (Å²) in [5.74, 6) is 0.105. The molecule has 2 fully saturated rings. The first-order chi connectivity index (χ1) is 17.4. The van der Waals surface area contributed by atoms with Crippen LogP contribution in [0.2, 0.25) is 0 Å². The third-order valence-electron chi connectivity index (χ3n) is 8.00. The number of halogens is 1. The monoisotopic (exact) mass is 491 g/mol. The lowest BCUT2D eigenvalue weighted by atomic mass is 9.97. The molecule has 3 aromatic rings. The van der Waals surface area contributed by atoms with Crippen LogP contribution >= 0.6 is 0 Å². The number of nitriles is 1. The van der Waals surface area contributed by atoms with E-state index in [2.05, 4.69) is 46.7 Å². The zero-order valence-corrected chi connectivity index (χ0v) is 21.5. The van der Waals surface area contributed by atoms with Gasteiger partial charge in [-0.1, -0.05) is 13.8 Å². The molecule has 190 valence electrons. The van der Waals surface area contributed by atoms with Crippen LogP contribution in [0.25, 0.3) is 11.0 Å². The highest BCUT2D eigenvalue weighted by molar-refractivity contribution is 5.88. The van der Waals surface area contributed by atoms with Crippen molar-refractivity contribution in [1.29, 1.82) is 5.26 Å². The zero-order chi connectivity index (χ0) is 25.6. The minimum atomic E-state index is -0.184. The van der Waals surface area contributed by atoms with Crippen LogP contribution < -0.4 is 10.5 Å². The molecule has 1 unspecified atom stereocenters. The standard InChI is InChI=1S/C27H34FN7O/c1-5-20-15-35(23-12-25(36)32(4)24-16-33(10-9-29)31-27(23)24)21(6-2)14-34(20)17(3)19-11-22(28)26(30-13-19)18-7-8-18/h11-13,16-18,20-21H,5-8,10,14-15H2,1-4H3/t17?,20-,21+/m1/s1. The first-order valence-electron chi connectivity index (χ1n) is 13.0. The second kappa shape index (κ2) is 9.66. The van der Waals surface area contributed by atoms with Gasteiger partial charge in [0.1, 0.15) is 17.9 Å². The van der Waals surface area contributed by atoms with E-state index in [0.29, 0.717) is 5.69 Å². The quantitative estimate of drug-likeness (QED) is 0.495. The van der Waals surface area contributed by atoms with E-state index in [4.69, 9.17) is 5.26 Å². The van der Waals surface area contributed by atoms with Crippen LogP contribution in [-0.2, 0) is 13.6 Å². The molecule has 0 N–H and O–H groups in total. The van der Waals surface area contributed by atoms with Crippen LogP contribution in [0.4, 0.5) is 10.1 Å². The number of aryl methyl sites for hydroxylation is 1. The highest BCUT2D eigenvalue weighted by Crippen LogP contribution is 2.41. The Morgan fingerprint density at radius 3 is 2.58 bits per heavy atom. The molecule has 5 rings (SSSR count). The fourth-order valence-corrected chi connectivity index (χ4v) is 5.61. The molecule has 3 aromatic heterocycles. The largest absolute Gasteiger partial charge is 0.364 e. The van der Waals surface area contributed by atoms with Gasteiger partial charge in [0, 0.05) is 56.4 Å². The first kappa shape index (κ1) is 24.4. The summed E-state index contributed by atoms with van der Waals surface area (Å²) < 4.78 is 18.0. The molecule has 2 aliphatic rings. The summed E-state index contributed by atoms with van der Waals surface area (Å²) in [6.07, 6.45) is 7.50. The smallest absolute Gasteiger partial charge is 0.252 e. The molecule has 1 aliphatic heterocycles. The molecule has 1 saturated heterocycles. The maximum absolute atomic E-state index is 14.8. The van der Waals surface area contributed by atoms with Gasteiger partial charge in [-0.05, 0) is 44.2 Å². The summed E-state index contributed by atoms with van der Waals surface area (Å²) in [7, 11) is 1.74. The van der Waals surface area contributed by atoms with Gasteiger partial charge in [0.15, 0.2) is 0 Å². The van der Waals surface area contributed by atoms with Crippen molar-refractivity contribution in [2.75, 3.05) is 18.0 Å². The fourth-order valence-electron chi connectivity index (χ4n) is 5.61. The van der Waals surface area contributed by atoms with Gasteiger partial charge in [-0.15, -0.1) is 0 Å². The molecule has 8 nitrogen and oxygen atoms in total. The number of pyridine rings is 2. The number of hydrogen-bond acceptors (Lipinski definition) is 6. The number of rotatable bonds is 7. The molecule has 1 saturated carbocycles. The number of hydrogen-bond donors (Lipinski definition) is 0. The summed E-state index contributed by atoms with van der Waals surface area (Å²) in [6.45, 7) is 8.13. The lowest BCUT2D eigenvalue weighted by Gasteiger charge is -2.49. The molecule has 36 heavy (non-hydrogen) atoms. The van der Waals surface area contributed by atoms with E-state index in [-0.39, 0.29) is 42.0 Å². The summed E-state index contributed by atoms with van der Waals surface area (Å²) in [5, 5.41) is 13.8. The van der Waals surface area contributed by atoms with E-state index in [1.165, 1.54) is 0 Å². The third kappa shape index (κ3) is 4.28. The minimum absolute atomic E-state index is 0.0277. The van der Waals surface area contributed by atoms with E-state index < -0.39 is 0 Å². The minimum Gasteiger partial charge on any atom is -0.364 e. The SMILES string of the molecule is CC[C@H]1CN(C(C)c2cnc(C3CC3)c(F)c2)[C@H](CC)CN1c1cc(=O)n(C)c2cn(CC#N)nc12. The molecule has 9 heteroatoms. The van der Waals surface area contributed by atoms with Gasteiger partial charge in [0.05, 0.1) is 29.2 Å². The Morgan fingerprint density at radius 1 is 1.19 bits per heavy atom. The van der Waals surface area contributed by atoms with Gasteiger partial charge in [0.25, 0.3) is 5.56 Å². The Hall–Kier alpha value is -3.25. The topological polar surface area (TPSA) is 83.0 Å². The lowest BCUT2D eigenvalue weighted by molar-refractivity contribution is 0.101. The zero-order valence-electron chi connectivity index (χ0n) is 21.5. The fraction of sp³-hybridized carbons (Fsp3) is 0.556. The Labute approximate surface area is 210 Å². The number of piperazine rings is 1. The van der Waals surface area contributed by atoms with Gasteiger partial charge in [-0.2, -0.15) is 10.4 Å². The van der Waals surface area contributed by atoms with Gasteiger partial charge in [-0.25, -0.2) is 4.39 Å². The second-order valence-corrected chi connectivity index (χ2v) is 10.2. The van der Waals surface area contributed by atoms with Gasteiger partial charge < -0.3 is 9.47 Å². The summed E-state index contributed by atoms with van der Waals surface area (Å²) >= 11 is 0. The van der Waals surface area contributed by atoms with Crippen LogP contribution in [-0.4, -0.2) is 49.4 Å². The average Bonchev–Trinajstić information content (AvgIpc) is 3.64. The van der Waals surface area contributed by atoms with Gasteiger partial charge in [0.2, 0.25) is 0 Å². The third-order valence-corrected chi connectivity index (χ3v) is 8.00. The maximum Gasteiger partial charge on any atom is 0.252 e. The van der Waals surface area contributed by atoms with Crippen molar-refractivity contribution in [3.05, 3.63) is 52.0 Å². The van der Waals surface area contributed by atoms with Crippen molar-refractivity contribution in [1.82, 2.24) is 24.2 Å². The molecule has 3 atom stereocenters. The molecule has 0 radical (unpaired) electrons. The van der Waals surface area contributed by atoms with Crippen molar-refractivity contribution in [2.24, 2.45) is 7.05 Å². The Morgan fingerprint density at radius 2 is 1.94 bits per heavy atom. The van der Waals surface area contributed by atoms with Crippen molar-refractivity contribution in [3.8, 4) is 6.07 Å². The predicted molar refractivity (Wildman–Crippen MR) is 137 cm³/mol. The Balaban J connectivity index is 1.47. The Kier molecular flexibility index (Phi) is 6.56. The summed E-state index contributed by atoms with van der Waals surface area (Å²) in [5.41, 5.74) is 3.71. The van der Waals surface area contributed by atoms with E-state index in [9.17, 15) is 9.18 Å². The molecular formula is C27H34FN7O. The normalized spacial score (nSPS) is 21.6. The molecular weight excluding hydrogens is 457 g/mol. The first-order valence-corrected chi connectivity index (χ1v) is 13.0. The van der Waals surface area contributed by atoms with Crippen LogP contribution in [0, 0.1) is 17.1 Å². The van der Waals surface area contributed by atoms with Crippen LogP contribution in [0.1, 0.15) is 69.7 Å².